The molecule has 0 saturated carbocycles. The van der Waals surface area contributed by atoms with E-state index in [1.807, 2.05) is 0 Å². The highest BCUT2D eigenvalue weighted by Crippen LogP contribution is 2.22. The Balaban J connectivity index is 2.43. The zero-order valence-corrected chi connectivity index (χ0v) is 9.91. The largest absolute Gasteiger partial charge is 0.478 e. The third kappa shape index (κ3) is 5.50. The van der Waals surface area contributed by atoms with E-state index in [0.717, 1.165) is 6.20 Å². The van der Waals surface area contributed by atoms with Gasteiger partial charge >= 0.3 is 12.1 Å². The van der Waals surface area contributed by atoms with E-state index < -0.39 is 18.6 Å². The van der Waals surface area contributed by atoms with Crippen LogP contribution in [0.2, 0.25) is 0 Å². The summed E-state index contributed by atoms with van der Waals surface area (Å²) >= 11 is 0. The van der Waals surface area contributed by atoms with Crippen molar-refractivity contribution in [2.45, 2.75) is 31.9 Å². The van der Waals surface area contributed by atoms with Crippen molar-refractivity contribution in [3.8, 4) is 0 Å². The van der Waals surface area contributed by atoms with Gasteiger partial charge in [0.2, 0.25) is 0 Å². The highest BCUT2D eigenvalue weighted by Gasteiger charge is 2.26. The van der Waals surface area contributed by atoms with Gasteiger partial charge < -0.3 is 5.11 Å². The fourth-order valence-corrected chi connectivity index (χ4v) is 1.42. The molecule has 1 aromatic heterocycles. The summed E-state index contributed by atoms with van der Waals surface area (Å²) in [6.45, 7) is 0. The molecule has 1 heterocycles. The third-order valence-electron chi connectivity index (χ3n) is 2.41. The Hall–Kier alpha value is -1.92. The molecule has 0 fully saturated rings. The number of unbranched alkanes of at least 4 members (excludes halogenated alkanes) is 1. The molecule has 0 saturated heterocycles. The number of carbonyl (C=O) groups is 2. The molecule has 0 amide bonds. The van der Waals surface area contributed by atoms with Gasteiger partial charge in [-0.15, -0.1) is 0 Å². The van der Waals surface area contributed by atoms with Crippen molar-refractivity contribution in [2.24, 2.45) is 0 Å². The van der Waals surface area contributed by atoms with E-state index in [9.17, 15) is 22.8 Å². The number of Topliss-reactive ketones (excluding diaryl/α,β-unsaturated/α-hetero) is 1. The zero-order valence-electron chi connectivity index (χ0n) is 9.91. The summed E-state index contributed by atoms with van der Waals surface area (Å²) in [7, 11) is 0. The van der Waals surface area contributed by atoms with E-state index in [2.05, 4.69) is 4.98 Å². The van der Waals surface area contributed by atoms with Crippen LogP contribution in [0.3, 0.4) is 0 Å². The van der Waals surface area contributed by atoms with Crippen LogP contribution in [0.4, 0.5) is 13.2 Å². The number of halogens is 3. The molecule has 1 N–H and O–H groups in total. The summed E-state index contributed by atoms with van der Waals surface area (Å²) in [5.41, 5.74) is 0.0191. The third-order valence-corrected chi connectivity index (χ3v) is 2.41. The smallest absolute Gasteiger partial charge is 0.389 e. The molecule has 0 spiro atoms. The van der Waals surface area contributed by atoms with Gasteiger partial charge in [0.1, 0.15) is 5.69 Å². The van der Waals surface area contributed by atoms with Crippen molar-refractivity contribution in [1.29, 1.82) is 0 Å². The molecule has 1 rings (SSSR count). The van der Waals surface area contributed by atoms with Crippen molar-refractivity contribution in [3.63, 3.8) is 0 Å². The topological polar surface area (TPSA) is 67.3 Å². The number of ketones is 1. The van der Waals surface area contributed by atoms with Crippen molar-refractivity contribution in [1.82, 2.24) is 4.98 Å². The summed E-state index contributed by atoms with van der Waals surface area (Å²) in [5.74, 6) is -1.55. The molecule has 0 aliphatic carbocycles. The highest BCUT2D eigenvalue weighted by molar-refractivity contribution is 5.95. The second-order valence-corrected chi connectivity index (χ2v) is 3.98. The van der Waals surface area contributed by atoms with Gasteiger partial charge in [0.25, 0.3) is 0 Å². The molecule has 1 aromatic rings. The molecule has 0 radical (unpaired) electrons. The summed E-state index contributed by atoms with van der Waals surface area (Å²) in [6, 6.07) is 2.49. The van der Waals surface area contributed by atoms with Gasteiger partial charge in [-0.2, -0.15) is 13.2 Å². The number of nitrogens with zero attached hydrogens (tertiary/aromatic N) is 1. The van der Waals surface area contributed by atoms with Crippen LogP contribution in [0.25, 0.3) is 0 Å². The molecule has 0 aliphatic rings. The Morgan fingerprint density at radius 2 is 1.89 bits per heavy atom. The Morgan fingerprint density at radius 1 is 1.21 bits per heavy atom. The monoisotopic (exact) mass is 275 g/mol. The first-order valence-corrected chi connectivity index (χ1v) is 5.59. The molecule has 104 valence electrons. The molecule has 0 unspecified atom stereocenters. The Morgan fingerprint density at radius 3 is 2.37 bits per heavy atom. The van der Waals surface area contributed by atoms with E-state index >= 15 is 0 Å². The minimum Gasteiger partial charge on any atom is -0.478 e. The maximum Gasteiger partial charge on any atom is 0.389 e. The van der Waals surface area contributed by atoms with E-state index in [1.165, 1.54) is 12.1 Å². The number of rotatable bonds is 6. The number of carbonyl (C=O) groups excluding carboxylic acids is 1. The lowest BCUT2D eigenvalue weighted by atomic mass is 10.1. The zero-order chi connectivity index (χ0) is 14.5. The average molecular weight is 275 g/mol. The van der Waals surface area contributed by atoms with E-state index in [-0.39, 0.29) is 36.3 Å². The first kappa shape index (κ1) is 15.1. The molecule has 0 aliphatic heterocycles. The summed E-state index contributed by atoms with van der Waals surface area (Å²) < 4.78 is 35.6. The Labute approximate surface area is 107 Å². The molecular weight excluding hydrogens is 263 g/mol. The number of pyridine rings is 1. The van der Waals surface area contributed by atoms with Crippen LogP contribution in [-0.4, -0.2) is 28.0 Å². The van der Waals surface area contributed by atoms with Gasteiger partial charge in [-0.05, 0) is 25.0 Å². The van der Waals surface area contributed by atoms with Gasteiger partial charge in [0, 0.05) is 19.0 Å². The minimum atomic E-state index is -4.20. The molecule has 19 heavy (non-hydrogen) atoms. The summed E-state index contributed by atoms with van der Waals surface area (Å²) in [4.78, 5) is 25.8. The van der Waals surface area contributed by atoms with Crippen LogP contribution in [0.15, 0.2) is 18.3 Å². The van der Waals surface area contributed by atoms with Gasteiger partial charge in [-0.1, -0.05) is 0 Å². The van der Waals surface area contributed by atoms with Crippen LogP contribution in [0.5, 0.6) is 0 Å². The van der Waals surface area contributed by atoms with Crippen LogP contribution in [0, 0.1) is 0 Å². The lowest BCUT2D eigenvalue weighted by Crippen LogP contribution is -2.08. The standard InChI is InChI=1S/C12H12F3NO3/c13-12(14,15)6-2-1-3-10(17)9-5-4-8(7-16-9)11(18)19/h4-5,7H,1-3,6H2,(H,18,19). The second kappa shape index (κ2) is 6.31. The van der Waals surface area contributed by atoms with E-state index in [1.54, 1.807) is 0 Å². The molecule has 0 aromatic carbocycles. The Kier molecular flexibility index (Phi) is 5.02. The van der Waals surface area contributed by atoms with Gasteiger partial charge in [0.15, 0.2) is 5.78 Å². The first-order chi connectivity index (χ1) is 8.79. The summed E-state index contributed by atoms with van der Waals surface area (Å²) in [6.07, 6.45) is -4.08. The quantitative estimate of drug-likeness (QED) is 0.640. The van der Waals surface area contributed by atoms with E-state index in [4.69, 9.17) is 5.11 Å². The predicted molar refractivity (Wildman–Crippen MR) is 60.0 cm³/mol. The summed E-state index contributed by atoms with van der Waals surface area (Å²) in [5, 5.41) is 8.63. The van der Waals surface area contributed by atoms with Crippen molar-refractivity contribution in [2.75, 3.05) is 0 Å². The minimum absolute atomic E-state index is 0.0322. The molecule has 4 nitrogen and oxygen atoms in total. The maximum absolute atomic E-state index is 11.9. The second-order valence-electron chi connectivity index (χ2n) is 3.98. The number of hydrogen-bond donors (Lipinski definition) is 1. The van der Waals surface area contributed by atoms with Crippen LogP contribution >= 0.6 is 0 Å². The number of alkyl halides is 3. The van der Waals surface area contributed by atoms with Crippen molar-refractivity contribution < 1.29 is 27.9 Å². The van der Waals surface area contributed by atoms with E-state index in [0.29, 0.717) is 0 Å². The van der Waals surface area contributed by atoms with Gasteiger partial charge in [-0.3, -0.25) is 9.78 Å². The van der Waals surface area contributed by atoms with Crippen molar-refractivity contribution >= 4 is 11.8 Å². The predicted octanol–water partition coefficient (Wildman–Crippen LogP) is 3.09. The average Bonchev–Trinajstić information content (AvgIpc) is 2.33. The highest BCUT2D eigenvalue weighted by atomic mass is 19.4. The number of carboxylic acid groups (broad SMARTS) is 1. The number of carboxylic acids is 1. The fourth-order valence-electron chi connectivity index (χ4n) is 1.42. The van der Waals surface area contributed by atoms with Gasteiger partial charge in [-0.25, -0.2) is 4.79 Å². The van der Waals surface area contributed by atoms with Crippen LogP contribution in [-0.2, 0) is 0 Å². The SMILES string of the molecule is O=C(O)c1ccc(C(=O)CCCCC(F)(F)F)nc1. The molecule has 7 heteroatoms. The Bertz CT molecular complexity index is 454. The fraction of sp³-hybridized carbons (Fsp3) is 0.417. The molecule has 0 bridgehead atoms. The maximum atomic E-state index is 11.9. The first-order valence-electron chi connectivity index (χ1n) is 5.59. The number of aromatic carboxylic acids is 1. The lowest BCUT2D eigenvalue weighted by Gasteiger charge is -2.05. The van der Waals surface area contributed by atoms with Crippen molar-refractivity contribution in [3.05, 3.63) is 29.6 Å². The lowest BCUT2D eigenvalue weighted by molar-refractivity contribution is -0.135. The van der Waals surface area contributed by atoms with Gasteiger partial charge in [0.05, 0.1) is 5.56 Å². The van der Waals surface area contributed by atoms with Crippen LogP contribution < -0.4 is 0 Å². The molecular formula is C12H12F3NO3. The normalized spacial score (nSPS) is 11.3. The van der Waals surface area contributed by atoms with Crippen LogP contribution in [0.1, 0.15) is 46.5 Å². The molecule has 0 atom stereocenters. The number of aromatic nitrogens is 1. The number of hydrogen-bond acceptors (Lipinski definition) is 3.